The van der Waals surface area contributed by atoms with Crippen LogP contribution in [0.15, 0.2) is 66.2 Å². The molecule has 4 aromatic rings. The molecule has 5 rings (SSSR count). The molecule has 1 aliphatic heterocycles. The van der Waals surface area contributed by atoms with Gasteiger partial charge in [-0.3, -0.25) is 14.5 Å². The molecule has 12 heteroatoms. The number of ketones is 1. The number of carbonyl (C=O) groups is 3. The molecule has 1 aromatic heterocycles. The highest BCUT2D eigenvalue weighted by molar-refractivity contribution is 7.17. The van der Waals surface area contributed by atoms with Crippen molar-refractivity contribution in [2.75, 3.05) is 33.3 Å². The molecule has 1 aliphatic rings. The lowest BCUT2D eigenvalue weighted by Crippen LogP contribution is -2.29. The first-order valence-electron chi connectivity index (χ1n) is 14.1. The molecule has 1 amide bonds. The minimum absolute atomic E-state index is 0.0682. The van der Waals surface area contributed by atoms with Crippen molar-refractivity contribution in [1.82, 2.24) is 4.98 Å². The Morgan fingerprint density at radius 1 is 0.913 bits per heavy atom. The fourth-order valence-electron chi connectivity index (χ4n) is 5.22. The van der Waals surface area contributed by atoms with Gasteiger partial charge in [-0.05, 0) is 60.9 Å². The summed E-state index contributed by atoms with van der Waals surface area (Å²) < 4.78 is 27.4. The van der Waals surface area contributed by atoms with E-state index in [1.54, 1.807) is 37.3 Å². The Bertz CT molecular complexity index is 1820. The van der Waals surface area contributed by atoms with E-state index in [2.05, 4.69) is 4.98 Å². The number of aliphatic hydroxyl groups is 1. The number of ether oxygens (including phenoxy) is 5. The summed E-state index contributed by atoms with van der Waals surface area (Å²) in [6, 6.07) is 16.7. The van der Waals surface area contributed by atoms with E-state index in [0.717, 1.165) is 21.8 Å². The van der Waals surface area contributed by atoms with Crippen LogP contribution >= 0.6 is 11.3 Å². The van der Waals surface area contributed by atoms with Crippen LogP contribution in [0.4, 0.5) is 5.13 Å². The lowest BCUT2D eigenvalue weighted by Gasteiger charge is -2.24. The van der Waals surface area contributed by atoms with Crippen molar-refractivity contribution in [3.63, 3.8) is 0 Å². The summed E-state index contributed by atoms with van der Waals surface area (Å²) >= 11 is 0.898. The third-order valence-electron chi connectivity index (χ3n) is 7.49. The number of anilines is 1. The molecule has 238 valence electrons. The molecule has 0 aliphatic carbocycles. The van der Waals surface area contributed by atoms with E-state index in [-0.39, 0.29) is 27.1 Å². The second-order valence-electron chi connectivity index (χ2n) is 10.3. The highest BCUT2D eigenvalue weighted by Crippen LogP contribution is 2.48. The molecule has 3 aromatic carbocycles. The number of hydrogen-bond donors (Lipinski definition) is 1. The molecule has 1 unspecified atom stereocenters. The molecule has 46 heavy (non-hydrogen) atoms. The largest absolute Gasteiger partial charge is 0.507 e. The average Bonchev–Trinajstić information content (AvgIpc) is 3.58. The third kappa shape index (κ3) is 5.86. The third-order valence-corrected chi connectivity index (χ3v) is 8.63. The van der Waals surface area contributed by atoms with Crippen LogP contribution in [-0.2, 0) is 20.9 Å². The van der Waals surface area contributed by atoms with Crippen LogP contribution in [0.2, 0.25) is 0 Å². The highest BCUT2D eigenvalue weighted by Gasteiger charge is 2.49. The molecule has 0 saturated carbocycles. The van der Waals surface area contributed by atoms with Crippen LogP contribution in [-0.4, -0.2) is 56.2 Å². The maximum Gasteiger partial charge on any atom is 0.350 e. The lowest BCUT2D eigenvalue weighted by atomic mass is 9.94. The van der Waals surface area contributed by atoms with Crippen molar-refractivity contribution in [2.24, 2.45) is 0 Å². The Hall–Kier alpha value is -5.36. The molecule has 0 spiro atoms. The number of carbonyl (C=O) groups excluding carboxylic acids is 3. The Labute approximate surface area is 269 Å². The van der Waals surface area contributed by atoms with Gasteiger partial charge in [0.05, 0.1) is 45.7 Å². The first-order chi connectivity index (χ1) is 22.1. The number of hydrogen-bond acceptors (Lipinski definition) is 11. The lowest BCUT2D eigenvalue weighted by molar-refractivity contribution is -0.132. The minimum Gasteiger partial charge on any atom is -0.507 e. The zero-order valence-electron chi connectivity index (χ0n) is 26.1. The number of rotatable bonds is 10. The monoisotopic (exact) mass is 644 g/mol. The van der Waals surface area contributed by atoms with Gasteiger partial charge in [-0.1, -0.05) is 41.7 Å². The molecular weight excluding hydrogens is 612 g/mol. The number of esters is 1. The first-order valence-corrected chi connectivity index (χ1v) is 14.9. The van der Waals surface area contributed by atoms with Crippen molar-refractivity contribution >= 4 is 39.9 Å². The Balaban J connectivity index is 1.65. The molecule has 11 nitrogen and oxygen atoms in total. The van der Waals surface area contributed by atoms with Crippen molar-refractivity contribution in [3.05, 3.63) is 99.1 Å². The van der Waals surface area contributed by atoms with Gasteiger partial charge >= 0.3 is 11.9 Å². The van der Waals surface area contributed by atoms with E-state index >= 15 is 0 Å². The summed E-state index contributed by atoms with van der Waals surface area (Å²) in [5.74, 6) is -1.49. The summed E-state index contributed by atoms with van der Waals surface area (Å²) in [5, 5.41) is 11.8. The van der Waals surface area contributed by atoms with Gasteiger partial charge in [0.2, 0.25) is 5.75 Å². The predicted octanol–water partition coefficient (Wildman–Crippen LogP) is 5.78. The number of aliphatic hydroxyl groups excluding tert-OH is 1. The number of thiazole rings is 1. The number of aryl methyl sites for hydroxylation is 2. The molecule has 1 saturated heterocycles. The van der Waals surface area contributed by atoms with Crippen LogP contribution < -0.4 is 23.8 Å². The van der Waals surface area contributed by atoms with E-state index in [1.807, 2.05) is 37.3 Å². The van der Waals surface area contributed by atoms with Crippen LogP contribution in [0.3, 0.4) is 0 Å². The quantitative estimate of drug-likeness (QED) is 0.0981. The zero-order valence-corrected chi connectivity index (χ0v) is 26.9. The van der Waals surface area contributed by atoms with Gasteiger partial charge in [0, 0.05) is 5.56 Å². The zero-order chi connectivity index (χ0) is 33.1. The number of methoxy groups -OCH3 is 4. The number of Topliss-reactive ketones (excluding diaryl/α,β-unsaturated/α-hetero) is 1. The molecule has 2 heterocycles. The minimum atomic E-state index is -1.18. The Morgan fingerprint density at radius 3 is 2.17 bits per heavy atom. The predicted molar refractivity (Wildman–Crippen MR) is 171 cm³/mol. The van der Waals surface area contributed by atoms with Gasteiger partial charge in [-0.2, -0.15) is 0 Å². The normalized spacial score (nSPS) is 15.5. The van der Waals surface area contributed by atoms with E-state index < -0.39 is 29.5 Å². The highest BCUT2D eigenvalue weighted by atomic mass is 32.1. The average molecular weight is 645 g/mol. The smallest absolute Gasteiger partial charge is 0.350 e. The molecular formula is C34H32N2O9S. The van der Waals surface area contributed by atoms with Gasteiger partial charge in [-0.15, -0.1) is 0 Å². The summed E-state index contributed by atoms with van der Waals surface area (Å²) in [4.78, 5) is 45.7. The van der Waals surface area contributed by atoms with Crippen molar-refractivity contribution < 1.29 is 43.2 Å². The van der Waals surface area contributed by atoms with Crippen LogP contribution in [0.5, 0.6) is 23.0 Å². The molecule has 0 bridgehead atoms. The van der Waals surface area contributed by atoms with E-state index in [0.29, 0.717) is 40.5 Å². The van der Waals surface area contributed by atoms with Gasteiger partial charge in [0.25, 0.3) is 5.78 Å². The van der Waals surface area contributed by atoms with E-state index in [1.165, 1.54) is 28.4 Å². The van der Waals surface area contributed by atoms with Gasteiger partial charge in [-0.25, -0.2) is 9.78 Å². The Morgan fingerprint density at radius 2 is 1.59 bits per heavy atom. The van der Waals surface area contributed by atoms with Crippen LogP contribution in [0.25, 0.3) is 5.76 Å². The second-order valence-corrected chi connectivity index (χ2v) is 11.3. The van der Waals surface area contributed by atoms with Gasteiger partial charge < -0.3 is 28.8 Å². The molecule has 1 N–H and O–H groups in total. The maximum absolute atomic E-state index is 13.8. The number of amides is 1. The SMILES string of the molecule is COC(=O)c1sc(N2C(=O)C(=O)/C(=C(\O)c3ccc(OCc4ccccc4)c(C)c3)C2c2cc(OC)c(OC)c(OC)c2)nc1C. The standard InChI is InChI=1S/C34H32N2O9S/c1-18-14-21(12-13-23(18)45-17-20-10-8-7-9-11-20)28(37)26-27(22-15-24(41-3)30(43-5)25(16-22)42-4)36(32(39)29(26)38)34-35-19(2)31(46-34)33(40)44-6/h7-16,27,37H,17H2,1-6H3/b28-26-. The van der Waals surface area contributed by atoms with E-state index in [9.17, 15) is 19.5 Å². The number of aromatic nitrogens is 1. The topological polar surface area (TPSA) is 134 Å². The summed E-state index contributed by atoms with van der Waals surface area (Å²) in [5.41, 5.74) is 2.49. The summed E-state index contributed by atoms with van der Waals surface area (Å²) in [6.45, 7) is 3.76. The van der Waals surface area contributed by atoms with E-state index in [4.69, 9.17) is 23.7 Å². The fourth-order valence-corrected chi connectivity index (χ4v) is 6.23. The van der Waals surface area contributed by atoms with Crippen molar-refractivity contribution in [1.29, 1.82) is 0 Å². The van der Waals surface area contributed by atoms with Gasteiger partial charge in [0.15, 0.2) is 16.6 Å². The second kappa shape index (κ2) is 13.3. The molecule has 1 atom stereocenters. The maximum atomic E-state index is 13.8. The summed E-state index contributed by atoms with van der Waals surface area (Å²) in [7, 11) is 5.57. The molecule has 1 fully saturated rings. The van der Waals surface area contributed by atoms with Crippen molar-refractivity contribution in [2.45, 2.75) is 26.5 Å². The fraction of sp³-hybridized carbons (Fsp3) is 0.235. The number of benzene rings is 3. The Kier molecular flexibility index (Phi) is 9.28. The van der Waals surface area contributed by atoms with Crippen LogP contribution in [0.1, 0.15) is 43.7 Å². The van der Waals surface area contributed by atoms with Crippen LogP contribution in [0, 0.1) is 13.8 Å². The summed E-state index contributed by atoms with van der Waals surface area (Å²) in [6.07, 6.45) is 0. The molecule has 0 radical (unpaired) electrons. The van der Waals surface area contributed by atoms with Crippen molar-refractivity contribution in [3.8, 4) is 23.0 Å². The van der Waals surface area contributed by atoms with Gasteiger partial charge in [0.1, 0.15) is 23.0 Å². The number of nitrogens with zero attached hydrogens (tertiary/aromatic N) is 2. The first kappa shape index (κ1) is 32.0.